The van der Waals surface area contributed by atoms with E-state index in [4.69, 9.17) is 23.8 Å². The maximum Gasteiger partial charge on any atom is 0.199 e. The number of rotatable bonds is 3. The van der Waals surface area contributed by atoms with Crippen molar-refractivity contribution in [2.75, 3.05) is 0 Å². The smallest absolute Gasteiger partial charge is 0.199 e. The van der Waals surface area contributed by atoms with Crippen LogP contribution in [0, 0.1) is 4.77 Å². The lowest BCUT2D eigenvalue weighted by molar-refractivity contribution is 0.868. The molecule has 0 amide bonds. The number of fused-ring (bicyclic) bond motifs is 1. The molecule has 0 fully saturated rings. The molecule has 2 N–H and O–H groups in total. The Bertz CT molecular complexity index is 997. The fraction of sp³-hybridized carbons (Fsp3) is 0.0667. The molecule has 8 heteroatoms. The first kappa shape index (κ1) is 14.1. The number of H-pyrrole nitrogens is 2. The fourth-order valence-electron chi connectivity index (χ4n) is 2.43. The maximum atomic E-state index is 5.95. The Balaban J connectivity index is 1.75. The van der Waals surface area contributed by atoms with Crippen molar-refractivity contribution < 1.29 is 0 Å². The van der Waals surface area contributed by atoms with Crippen LogP contribution >= 0.6 is 23.8 Å². The number of nitrogens with one attached hydrogen (secondary N) is 2. The molecule has 0 aliphatic heterocycles. The summed E-state index contributed by atoms with van der Waals surface area (Å²) in [7, 11) is 0. The Morgan fingerprint density at radius 3 is 2.78 bits per heavy atom. The zero-order valence-electron chi connectivity index (χ0n) is 11.8. The van der Waals surface area contributed by atoms with E-state index in [0.29, 0.717) is 21.9 Å². The molecule has 4 aromatic rings. The summed E-state index contributed by atoms with van der Waals surface area (Å²) in [5.74, 6) is 1.54. The maximum absolute atomic E-state index is 5.95. The molecule has 0 radical (unpaired) electrons. The first-order chi connectivity index (χ1) is 11.2. The molecule has 6 nitrogen and oxygen atoms in total. The number of halogens is 1. The van der Waals surface area contributed by atoms with E-state index in [2.05, 4.69) is 25.1 Å². The van der Waals surface area contributed by atoms with Crippen LogP contribution in [-0.4, -0.2) is 29.7 Å². The minimum Gasteiger partial charge on any atom is -0.340 e. The van der Waals surface area contributed by atoms with E-state index in [1.165, 1.54) is 0 Å². The van der Waals surface area contributed by atoms with Gasteiger partial charge in [0.05, 0.1) is 11.9 Å². The Labute approximate surface area is 141 Å². The predicted molar refractivity (Wildman–Crippen MR) is 90.5 cm³/mol. The Hall–Kier alpha value is -2.51. The van der Waals surface area contributed by atoms with Crippen molar-refractivity contribution in [2.45, 2.75) is 6.42 Å². The highest BCUT2D eigenvalue weighted by Crippen LogP contribution is 2.17. The average molecular weight is 343 g/mol. The Morgan fingerprint density at radius 2 is 2.00 bits per heavy atom. The second-order valence-corrected chi connectivity index (χ2v) is 5.81. The number of aromatic amines is 2. The van der Waals surface area contributed by atoms with Crippen LogP contribution in [0.4, 0.5) is 0 Å². The van der Waals surface area contributed by atoms with Gasteiger partial charge in [-0.1, -0.05) is 11.6 Å². The van der Waals surface area contributed by atoms with Crippen LogP contribution in [0.15, 0.2) is 42.6 Å². The van der Waals surface area contributed by atoms with E-state index >= 15 is 0 Å². The largest absolute Gasteiger partial charge is 0.340 e. The van der Waals surface area contributed by atoms with E-state index in [1.54, 1.807) is 6.20 Å². The standard InChI is InChI=1S/C15H11ClN6S/c16-9-3-5-10(6-4-9)22-13(20-21-15(22)23)8-12-18-11-2-1-7-17-14(11)19-12/h1-7H,8H2,(H,21,23)(H,17,18,19). The van der Waals surface area contributed by atoms with E-state index in [-0.39, 0.29) is 0 Å². The molecule has 23 heavy (non-hydrogen) atoms. The van der Waals surface area contributed by atoms with Gasteiger partial charge in [0.25, 0.3) is 0 Å². The van der Waals surface area contributed by atoms with E-state index in [9.17, 15) is 0 Å². The van der Waals surface area contributed by atoms with E-state index in [0.717, 1.165) is 22.9 Å². The van der Waals surface area contributed by atoms with Crippen LogP contribution in [0.5, 0.6) is 0 Å². The van der Waals surface area contributed by atoms with Gasteiger partial charge in [-0.3, -0.25) is 9.67 Å². The predicted octanol–water partition coefficient (Wildman–Crippen LogP) is 3.45. The van der Waals surface area contributed by atoms with Crippen molar-refractivity contribution in [3.8, 4) is 5.69 Å². The third-order valence-corrected chi connectivity index (χ3v) is 3.98. The summed E-state index contributed by atoms with van der Waals surface area (Å²) < 4.78 is 2.39. The number of hydrogen-bond acceptors (Lipinski definition) is 4. The lowest BCUT2D eigenvalue weighted by atomic mass is 10.3. The first-order valence-corrected chi connectivity index (χ1v) is 7.71. The molecule has 1 aromatic carbocycles. The van der Waals surface area contributed by atoms with E-state index < -0.39 is 0 Å². The van der Waals surface area contributed by atoms with Gasteiger partial charge in [-0.15, -0.1) is 0 Å². The van der Waals surface area contributed by atoms with Gasteiger partial charge in [-0.2, -0.15) is 5.10 Å². The number of nitrogens with zero attached hydrogens (tertiary/aromatic N) is 4. The van der Waals surface area contributed by atoms with Crippen molar-refractivity contribution in [3.05, 3.63) is 64.0 Å². The van der Waals surface area contributed by atoms with Gasteiger partial charge in [-0.25, -0.2) is 9.97 Å². The summed E-state index contributed by atoms with van der Waals surface area (Å²) in [6, 6.07) is 11.2. The molecule has 0 atom stereocenters. The molecule has 0 unspecified atom stereocenters. The number of aromatic nitrogens is 6. The minimum absolute atomic E-state index is 0.506. The van der Waals surface area contributed by atoms with Crippen LogP contribution in [0.25, 0.3) is 16.9 Å². The molecular weight excluding hydrogens is 332 g/mol. The van der Waals surface area contributed by atoms with Crippen LogP contribution in [0.2, 0.25) is 5.02 Å². The van der Waals surface area contributed by atoms with Gasteiger partial charge in [0.1, 0.15) is 11.6 Å². The lowest BCUT2D eigenvalue weighted by Gasteiger charge is -2.05. The molecule has 0 aliphatic carbocycles. The lowest BCUT2D eigenvalue weighted by Crippen LogP contribution is -2.03. The van der Waals surface area contributed by atoms with Crippen molar-refractivity contribution in [2.24, 2.45) is 0 Å². The van der Waals surface area contributed by atoms with Gasteiger partial charge in [0, 0.05) is 16.9 Å². The zero-order chi connectivity index (χ0) is 15.8. The highest BCUT2D eigenvalue weighted by atomic mass is 35.5. The molecule has 3 heterocycles. The molecule has 0 spiro atoms. The Morgan fingerprint density at radius 1 is 1.17 bits per heavy atom. The van der Waals surface area contributed by atoms with Gasteiger partial charge in [0.2, 0.25) is 0 Å². The molecule has 0 saturated carbocycles. The first-order valence-electron chi connectivity index (χ1n) is 6.92. The quantitative estimate of drug-likeness (QED) is 0.559. The second-order valence-electron chi connectivity index (χ2n) is 4.99. The summed E-state index contributed by atoms with van der Waals surface area (Å²) in [6.07, 6.45) is 2.23. The molecule has 0 bridgehead atoms. The highest BCUT2D eigenvalue weighted by molar-refractivity contribution is 7.71. The molecule has 3 aromatic heterocycles. The summed E-state index contributed by atoms with van der Waals surface area (Å²) >= 11 is 11.3. The Kier molecular flexibility index (Phi) is 3.44. The number of benzene rings is 1. The monoisotopic (exact) mass is 342 g/mol. The van der Waals surface area contributed by atoms with Crippen molar-refractivity contribution in [1.29, 1.82) is 0 Å². The normalized spacial score (nSPS) is 11.2. The number of imidazole rings is 1. The van der Waals surface area contributed by atoms with Crippen molar-refractivity contribution in [1.82, 2.24) is 29.7 Å². The number of hydrogen-bond donors (Lipinski definition) is 2. The third kappa shape index (κ3) is 2.64. The zero-order valence-corrected chi connectivity index (χ0v) is 13.4. The van der Waals surface area contributed by atoms with Crippen molar-refractivity contribution in [3.63, 3.8) is 0 Å². The highest BCUT2D eigenvalue weighted by Gasteiger charge is 2.12. The summed E-state index contributed by atoms with van der Waals surface area (Å²) in [6.45, 7) is 0. The third-order valence-electron chi connectivity index (χ3n) is 3.46. The molecule has 4 rings (SSSR count). The second kappa shape index (κ2) is 5.60. The number of pyridine rings is 1. The topological polar surface area (TPSA) is 75.2 Å². The molecule has 0 aliphatic rings. The fourth-order valence-corrected chi connectivity index (χ4v) is 2.82. The summed E-state index contributed by atoms with van der Waals surface area (Å²) in [4.78, 5) is 11.9. The molecule has 114 valence electrons. The van der Waals surface area contributed by atoms with Crippen LogP contribution in [0.3, 0.4) is 0 Å². The van der Waals surface area contributed by atoms with Crippen LogP contribution < -0.4 is 0 Å². The average Bonchev–Trinajstić information content (AvgIpc) is 3.12. The molecule has 0 saturated heterocycles. The summed E-state index contributed by atoms with van der Waals surface area (Å²) in [5, 5.41) is 7.82. The van der Waals surface area contributed by atoms with Gasteiger partial charge in [-0.05, 0) is 48.6 Å². The van der Waals surface area contributed by atoms with Crippen LogP contribution in [-0.2, 0) is 6.42 Å². The summed E-state index contributed by atoms with van der Waals surface area (Å²) in [5.41, 5.74) is 2.49. The van der Waals surface area contributed by atoms with E-state index in [1.807, 2.05) is 41.0 Å². The van der Waals surface area contributed by atoms with Gasteiger partial charge >= 0.3 is 0 Å². The molecular formula is C15H11ClN6S. The van der Waals surface area contributed by atoms with Crippen molar-refractivity contribution >= 4 is 35.0 Å². The SMILES string of the molecule is S=c1[nH]nc(Cc2nc3ncccc3[nH]2)n1-c1ccc(Cl)cc1. The van der Waals surface area contributed by atoms with Gasteiger partial charge < -0.3 is 4.98 Å². The van der Waals surface area contributed by atoms with Gasteiger partial charge in [0.15, 0.2) is 10.4 Å². The van der Waals surface area contributed by atoms with Crippen LogP contribution in [0.1, 0.15) is 11.6 Å². The minimum atomic E-state index is 0.506.